The van der Waals surface area contributed by atoms with Crippen LogP contribution in [-0.2, 0) is 4.74 Å². The van der Waals surface area contributed by atoms with Gasteiger partial charge in [-0.2, -0.15) is 0 Å². The van der Waals surface area contributed by atoms with Gasteiger partial charge in [0.2, 0.25) is 0 Å². The molecular weight excluding hydrogens is 328 g/mol. The Bertz CT molecular complexity index is 668. The first-order valence-corrected chi connectivity index (χ1v) is 9.25. The second kappa shape index (κ2) is 8.54. The Morgan fingerprint density at radius 1 is 1.27 bits per heavy atom. The summed E-state index contributed by atoms with van der Waals surface area (Å²) >= 11 is 0. The van der Waals surface area contributed by atoms with E-state index in [1.165, 1.54) is 12.1 Å². The van der Waals surface area contributed by atoms with E-state index in [1.54, 1.807) is 12.1 Å². The molecule has 1 aliphatic carbocycles. The van der Waals surface area contributed by atoms with Crippen molar-refractivity contribution in [1.82, 2.24) is 0 Å². The summed E-state index contributed by atoms with van der Waals surface area (Å²) in [5.74, 6) is -0.0224. The first-order chi connectivity index (χ1) is 12.2. The van der Waals surface area contributed by atoms with Gasteiger partial charge >= 0.3 is 5.97 Å². The first-order valence-electron chi connectivity index (χ1n) is 9.25. The molecule has 1 aliphatic rings. The molecule has 3 atom stereocenters. The molecule has 4 nitrogen and oxygen atoms in total. The lowest BCUT2D eigenvalue weighted by Crippen LogP contribution is -2.31. The lowest BCUT2D eigenvalue weighted by Gasteiger charge is -2.30. The van der Waals surface area contributed by atoms with Crippen LogP contribution in [0.4, 0.5) is 0 Å². The Kier molecular flexibility index (Phi) is 6.65. The summed E-state index contributed by atoms with van der Waals surface area (Å²) in [6.45, 7) is 8.04. The summed E-state index contributed by atoms with van der Waals surface area (Å²) in [5, 5.41) is 19.9. The largest absolute Gasteiger partial charge is 0.508 e. The normalized spacial score (nSPS) is 30.3. The number of benzene rings is 1. The summed E-state index contributed by atoms with van der Waals surface area (Å²) in [4.78, 5) is 12.6. The number of phenols is 1. The molecule has 2 N–H and O–H groups in total. The van der Waals surface area contributed by atoms with Crippen LogP contribution in [0.3, 0.4) is 0 Å². The third kappa shape index (κ3) is 5.73. The van der Waals surface area contributed by atoms with Crippen molar-refractivity contribution in [2.24, 2.45) is 11.8 Å². The summed E-state index contributed by atoms with van der Waals surface area (Å²) in [7, 11) is 0. The maximum Gasteiger partial charge on any atom is 0.338 e. The molecular formula is C22H30O4. The second-order valence-electron chi connectivity index (χ2n) is 7.82. The smallest absolute Gasteiger partial charge is 0.338 e. The van der Waals surface area contributed by atoms with Crippen molar-refractivity contribution in [3.05, 3.63) is 53.6 Å². The number of rotatable bonds is 3. The molecule has 0 radical (unpaired) electrons. The molecule has 0 unspecified atom stereocenters. The number of phenolic OH excluding ortho intramolecular Hbond substituents is 1. The average molecular weight is 358 g/mol. The Morgan fingerprint density at radius 2 is 1.92 bits per heavy atom. The second-order valence-corrected chi connectivity index (χ2v) is 7.82. The van der Waals surface area contributed by atoms with Gasteiger partial charge in [0, 0.05) is 12.3 Å². The maximum atomic E-state index is 12.6. The van der Waals surface area contributed by atoms with E-state index in [4.69, 9.17) is 4.74 Å². The van der Waals surface area contributed by atoms with Gasteiger partial charge in [0.1, 0.15) is 11.9 Å². The summed E-state index contributed by atoms with van der Waals surface area (Å²) in [5.41, 5.74) is 0.706. The van der Waals surface area contributed by atoms with Crippen LogP contribution < -0.4 is 0 Å². The zero-order chi connectivity index (χ0) is 19.3. The van der Waals surface area contributed by atoms with Gasteiger partial charge in [0.25, 0.3) is 0 Å². The molecule has 1 aromatic rings. The highest BCUT2D eigenvalue weighted by Crippen LogP contribution is 2.29. The Hall–Kier alpha value is -2.07. The highest BCUT2D eigenvalue weighted by atomic mass is 16.5. The summed E-state index contributed by atoms with van der Waals surface area (Å²) in [6.07, 6.45) is 7.77. The Labute approximate surface area is 156 Å². The van der Waals surface area contributed by atoms with E-state index in [0.29, 0.717) is 18.4 Å². The molecule has 0 fully saturated rings. The predicted molar refractivity (Wildman–Crippen MR) is 103 cm³/mol. The molecule has 2 rings (SSSR count). The molecule has 0 saturated carbocycles. The summed E-state index contributed by atoms with van der Waals surface area (Å²) in [6, 6.07) is 6.08. The minimum atomic E-state index is -0.868. The minimum Gasteiger partial charge on any atom is -0.508 e. The third-order valence-corrected chi connectivity index (χ3v) is 4.90. The summed E-state index contributed by atoms with van der Waals surface area (Å²) < 4.78 is 5.87. The van der Waals surface area contributed by atoms with E-state index >= 15 is 0 Å². The van der Waals surface area contributed by atoms with Crippen LogP contribution in [0.25, 0.3) is 0 Å². The lowest BCUT2D eigenvalue weighted by molar-refractivity contribution is 0.0139. The number of allylic oxidation sites excluding steroid dienone is 1. The molecule has 0 saturated heterocycles. The van der Waals surface area contributed by atoms with Crippen molar-refractivity contribution in [3.63, 3.8) is 0 Å². The molecule has 0 bridgehead atoms. The van der Waals surface area contributed by atoms with Crippen LogP contribution in [0.5, 0.6) is 5.75 Å². The lowest BCUT2D eigenvalue weighted by atomic mass is 9.83. The quantitative estimate of drug-likeness (QED) is 0.611. The predicted octanol–water partition coefficient (Wildman–Crippen LogP) is 4.63. The Morgan fingerprint density at radius 3 is 2.54 bits per heavy atom. The van der Waals surface area contributed by atoms with Crippen LogP contribution in [0.1, 0.15) is 57.3 Å². The van der Waals surface area contributed by atoms with Gasteiger partial charge in [-0.3, -0.25) is 0 Å². The third-order valence-electron chi connectivity index (χ3n) is 4.90. The molecule has 0 amide bonds. The highest BCUT2D eigenvalue weighted by Gasteiger charge is 2.29. The van der Waals surface area contributed by atoms with Crippen LogP contribution >= 0.6 is 0 Å². The van der Waals surface area contributed by atoms with Gasteiger partial charge in [-0.15, -0.1) is 0 Å². The number of ether oxygens (including phenoxy) is 1. The molecule has 0 aliphatic heterocycles. The van der Waals surface area contributed by atoms with E-state index in [2.05, 4.69) is 19.9 Å². The van der Waals surface area contributed by atoms with Crippen molar-refractivity contribution in [2.45, 2.75) is 58.7 Å². The highest BCUT2D eigenvalue weighted by molar-refractivity contribution is 5.89. The maximum absolute atomic E-state index is 12.6. The van der Waals surface area contributed by atoms with Gasteiger partial charge in [-0.1, -0.05) is 37.6 Å². The van der Waals surface area contributed by atoms with E-state index < -0.39 is 11.6 Å². The number of esters is 1. The number of carbonyl (C=O) groups is 1. The van der Waals surface area contributed by atoms with Gasteiger partial charge in [0.15, 0.2) is 0 Å². The number of hydrogen-bond donors (Lipinski definition) is 2. The first kappa shape index (κ1) is 20.2. The molecule has 142 valence electrons. The van der Waals surface area contributed by atoms with Crippen LogP contribution in [0, 0.1) is 11.8 Å². The van der Waals surface area contributed by atoms with Gasteiger partial charge in [0.05, 0.1) is 11.2 Å². The fourth-order valence-corrected chi connectivity index (χ4v) is 3.25. The van der Waals surface area contributed by atoms with E-state index in [9.17, 15) is 15.0 Å². The molecule has 26 heavy (non-hydrogen) atoms. The standard InChI is InChI=1S/C22H30O4/c1-15(2)19-11-13-22(4,25)12-5-6-16(3)14-20(19)26-21(24)17-7-9-18(23)10-8-17/h6-11,13,15,19-20,23,25H,5,12,14H2,1-4H3/b13-11-,16-6+/t19-,20+,22+/m1/s1. The van der Waals surface area contributed by atoms with Crippen molar-refractivity contribution >= 4 is 5.97 Å². The molecule has 0 aromatic heterocycles. The fraction of sp³-hybridized carbons (Fsp3) is 0.500. The number of aromatic hydroxyl groups is 1. The Balaban J connectivity index is 2.28. The topological polar surface area (TPSA) is 66.8 Å². The molecule has 0 spiro atoms. The molecule has 4 heteroatoms. The fourth-order valence-electron chi connectivity index (χ4n) is 3.25. The van der Waals surface area contributed by atoms with Gasteiger partial charge < -0.3 is 14.9 Å². The van der Waals surface area contributed by atoms with Crippen molar-refractivity contribution < 1.29 is 19.7 Å². The van der Waals surface area contributed by atoms with Crippen molar-refractivity contribution in [2.75, 3.05) is 0 Å². The monoisotopic (exact) mass is 358 g/mol. The van der Waals surface area contributed by atoms with Gasteiger partial charge in [-0.05, 0) is 56.9 Å². The zero-order valence-electron chi connectivity index (χ0n) is 16.1. The van der Waals surface area contributed by atoms with Gasteiger partial charge in [-0.25, -0.2) is 4.79 Å². The number of aliphatic hydroxyl groups is 1. The van der Waals surface area contributed by atoms with Crippen molar-refractivity contribution in [1.29, 1.82) is 0 Å². The zero-order valence-corrected chi connectivity index (χ0v) is 16.1. The van der Waals surface area contributed by atoms with Crippen LogP contribution in [0.2, 0.25) is 0 Å². The average Bonchev–Trinajstić information content (AvgIpc) is 2.54. The van der Waals surface area contributed by atoms with E-state index in [0.717, 1.165) is 12.0 Å². The van der Waals surface area contributed by atoms with E-state index in [1.807, 2.05) is 26.0 Å². The SMILES string of the molecule is C/C1=C\CC[C@](C)(O)/C=C\[C@H](C(C)C)[C@@H](OC(=O)c2ccc(O)cc2)C1. The van der Waals surface area contributed by atoms with Crippen LogP contribution in [-0.4, -0.2) is 27.9 Å². The van der Waals surface area contributed by atoms with Crippen LogP contribution in [0.15, 0.2) is 48.1 Å². The minimum absolute atomic E-state index is 0.00369. The number of carbonyl (C=O) groups excluding carboxylic acids is 1. The molecule has 1 aromatic carbocycles. The van der Waals surface area contributed by atoms with E-state index in [-0.39, 0.29) is 23.7 Å². The number of hydrogen-bond acceptors (Lipinski definition) is 4. The molecule has 0 heterocycles. The van der Waals surface area contributed by atoms with Crippen molar-refractivity contribution in [3.8, 4) is 5.75 Å².